The smallest absolute Gasteiger partial charge is 0.123 e. The molecule has 1 fully saturated rings. The van der Waals surface area contributed by atoms with Crippen molar-refractivity contribution in [2.45, 2.75) is 45.7 Å². The van der Waals surface area contributed by atoms with E-state index in [1.165, 1.54) is 12.1 Å². The predicted molar refractivity (Wildman–Crippen MR) is 160 cm³/mol. The molecule has 1 saturated carbocycles. The Balaban J connectivity index is 1.53. The van der Waals surface area contributed by atoms with E-state index in [0.29, 0.717) is 46.3 Å². The number of anilines is 2. The van der Waals surface area contributed by atoms with E-state index < -0.39 is 6.02 Å². The minimum atomic E-state index is -1.51. The molecule has 3 heterocycles. The Morgan fingerprint density at radius 2 is 2.00 bits per heavy atom. The molecule has 0 saturated heterocycles. The fourth-order valence-corrected chi connectivity index (χ4v) is 4.81. The Kier molecular flexibility index (Phi) is 6.61. The number of aromatic nitrogens is 2. The highest BCUT2D eigenvalue weighted by molar-refractivity contribution is 6.04. The van der Waals surface area contributed by atoms with Gasteiger partial charge in [0.1, 0.15) is 11.9 Å². The molecule has 0 amide bonds. The molecule has 0 bridgehead atoms. The standard InChI is InChI=1S/C32H33FN8/c1-32(2,3)19-37-29-22(15-34)17-36-31-26(21-5-4-12-35-16-21)13-24(14-27(29)31)38-30(20-6-8-23(33)9-7-20)28-18-41(40-39-28)25-10-11-25/h4-9,12-14,16-18,25,30,38-40H,10-11,19H2,1-3H3,(H,36,37)/t30-/m1/s1/i30D. The van der Waals surface area contributed by atoms with Crippen molar-refractivity contribution in [3.05, 3.63) is 96.0 Å². The maximum Gasteiger partial charge on any atom is 0.123 e. The lowest BCUT2D eigenvalue weighted by Gasteiger charge is -2.24. The minimum absolute atomic E-state index is 0.0374. The van der Waals surface area contributed by atoms with Crippen LogP contribution in [0.5, 0.6) is 0 Å². The number of pyridine rings is 2. The molecule has 6 rings (SSSR count). The first-order valence-corrected chi connectivity index (χ1v) is 13.7. The van der Waals surface area contributed by atoms with Gasteiger partial charge in [-0.25, -0.2) is 4.39 Å². The summed E-state index contributed by atoms with van der Waals surface area (Å²) >= 11 is 0. The Morgan fingerprint density at radius 1 is 1.20 bits per heavy atom. The number of hydrazine groups is 2. The molecule has 0 unspecified atom stereocenters. The number of hydrogen-bond acceptors (Lipinski definition) is 8. The number of benzene rings is 2. The average molecular weight is 550 g/mol. The summed E-state index contributed by atoms with van der Waals surface area (Å²) in [6.45, 7) is 7.02. The molecular formula is C32H33FN8. The molecule has 41 heavy (non-hydrogen) atoms. The number of halogens is 1. The number of rotatable bonds is 8. The van der Waals surface area contributed by atoms with E-state index in [4.69, 9.17) is 4.98 Å². The molecular weight excluding hydrogens is 515 g/mol. The van der Waals surface area contributed by atoms with Crippen molar-refractivity contribution in [1.82, 2.24) is 25.9 Å². The van der Waals surface area contributed by atoms with Crippen molar-refractivity contribution in [2.24, 2.45) is 5.41 Å². The average Bonchev–Trinajstić information content (AvgIpc) is 3.71. The Bertz CT molecular complexity index is 1690. The monoisotopic (exact) mass is 549 g/mol. The van der Waals surface area contributed by atoms with Gasteiger partial charge in [-0.3, -0.25) is 15.0 Å². The van der Waals surface area contributed by atoms with E-state index in [9.17, 15) is 11.0 Å². The third kappa shape index (κ3) is 5.79. The van der Waals surface area contributed by atoms with Crippen LogP contribution in [0.15, 0.2) is 79.0 Å². The Morgan fingerprint density at radius 3 is 2.68 bits per heavy atom. The second-order valence-electron chi connectivity index (χ2n) is 11.7. The number of nitrogens with zero attached hydrogens (tertiary/aromatic N) is 4. The molecule has 208 valence electrons. The van der Waals surface area contributed by atoms with Crippen molar-refractivity contribution in [3.63, 3.8) is 0 Å². The molecule has 0 radical (unpaired) electrons. The lowest BCUT2D eigenvalue weighted by molar-refractivity contribution is 0.260. The maximum atomic E-state index is 14.0. The van der Waals surface area contributed by atoms with Crippen LogP contribution in [0.2, 0.25) is 0 Å². The summed E-state index contributed by atoms with van der Waals surface area (Å²) in [4.78, 5) is 9.03. The molecule has 8 nitrogen and oxygen atoms in total. The summed E-state index contributed by atoms with van der Waals surface area (Å²) in [6.07, 6.45) is 9.13. The second-order valence-corrected chi connectivity index (χ2v) is 11.7. The lowest BCUT2D eigenvalue weighted by Crippen LogP contribution is -2.38. The molecule has 4 N–H and O–H groups in total. The van der Waals surface area contributed by atoms with E-state index >= 15 is 0 Å². The third-order valence-corrected chi connectivity index (χ3v) is 7.06. The zero-order chi connectivity index (χ0) is 29.5. The van der Waals surface area contributed by atoms with Crippen LogP contribution in [0, 0.1) is 22.6 Å². The van der Waals surface area contributed by atoms with Gasteiger partial charge in [0, 0.05) is 59.6 Å². The topological polar surface area (TPSA) is 101 Å². The van der Waals surface area contributed by atoms with Gasteiger partial charge in [0.05, 0.1) is 29.9 Å². The first-order valence-electron chi connectivity index (χ1n) is 14.2. The van der Waals surface area contributed by atoms with Crippen LogP contribution in [-0.2, 0) is 0 Å². The highest BCUT2D eigenvalue weighted by Crippen LogP contribution is 2.38. The Hall–Kier alpha value is -4.68. The third-order valence-electron chi connectivity index (χ3n) is 7.06. The first-order chi connectivity index (χ1) is 20.1. The molecule has 2 aliphatic rings. The lowest BCUT2D eigenvalue weighted by atomic mass is 9.95. The molecule has 1 aliphatic carbocycles. The van der Waals surface area contributed by atoms with E-state index in [1.54, 1.807) is 30.7 Å². The molecule has 2 aromatic carbocycles. The molecule has 9 heteroatoms. The normalized spacial score (nSPS) is 16.8. The molecule has 2 aromatic heterocycles. The van der Waals surface area contributed by atoms with Gasteiger partial charge < -0.3 is 16.1 Å². The van der Waals surface area contributed by atoms with E-state index in [2.05, 4.69) is 53.4 Å². The highest BCUT2D eigenvalue weighted by atomic mass is 19.1. The summed E-state index contributed by atoms with van der Waals surface area (Å²) in [5, 5.41) is 19.7. The first kappa shape index (κ1) is 25.3. The largest absolute Gasteiger partial charge is 0.383 e. The predicted octanol–water partition coefficient (Wildman–Crippen LogP) is 6.25. The van der Waals surface area contributed by atoms with E-state index in [1.807, 2.05) is 35.5 Å². The Labute approximate surface area is 240 Å². The van der Waals surface area contributed by atoms with Crippen LogP contribution >= 0.6 is 0 Å². The van der Waals surface area contributed by atoms with Crippen LogP contribution in [0.4, 0.5) is 15.8 Å². The summed E-state index contributed by atoms with van der Waals surface area (Å²) in [5.74, 6) is -0.374. The van der Waals surface area contributed by atoms with Gasteiger partial charge in [0.25, 0.3) is 0 Å². The second kappa shape index (κ2) is 10.7. The van der Waals surface area contributed by atoms with Gasteiger partial charge in [-0.15, -0.1) is 5.53 Å². The summed E-state index contributed by atoms with van der Waals surface area (Å²) in [6, 6.07) is 14.8. The van der Waals surface area contributed by atoms with Crippen LogP contribution in [0.25, 0.3) is 22.0 Å². The maximum absolute atomic E-state index is 14.0. The van der Waals surface area contributed by atoms with Crippen LogP contribution in [0.1, 0.15) is 52.1 Å². The van der Waals surface area contributed by atoms with Gasteiger partial charge in [-0.2, -0.15) is 5.26 Å². The fraction of sp³-hybridized carbons (Fsp3) is 0.281. The van der Waals surface area contributed by atoms with Crippen molar-refractivity contribution < 1.29 is 5.76 Å². The van der Waals surface area contributed by atoms with Crippen molar-refractivity contribution in [2.75, 3.05) is 17.2 Å². The zero-order valence-electron chi connectivity index (χ0n) is 24.3. The van der Waals surface area contributed by atoms with E-state index in [-0.39, 0.29) is 11.2 Å². The number of hydrogen-bond donors (Lipinski definition) is 4. The number of fused-ring (bicyclic) bond motifs is 1. The van der Waals surface area contributed by atoms with Crippen molar-refractivity contribution in [1.29, 1.82) is 5.26 Å². The summed E-state index contributed by atoms with van der Waals surface area (Å²) in [7, 11) is 0. The summed E-state index contributed by atoms with van der Waals surface area (Å²) in [5.41, 5.74) is 11.5. The van der Waals surface area contributed by atoms with Crippen LogP contribution in [0.3, 0.4) is 0 Å². The van der Waals surface area contributed by atoms with Crippen LogP contribution < -0.4 is 21.6 Å². The van der Waals surface area contributed by atoms with Gasteiger partial charge in [-0.05, 0) is 54.2 Å². The van der Waals surface area contributed by atoms with Gasteiger partial charge in [-0.1, -0.05) is 39.0 Å². The van der Waals surface area contributed by atoms with Crippen molar-refractivity contribution in [3.8, 4) is 17.2 Å². The highest BCUT2D eigenvalue weighted by Gasteiger charge is 2.32. The fourth-order valence-electron chi connectivity index (χ4n) is 4.81. The van der Waals surface area contributed by atoms with Crippen molar-refractivity contribution >= 4 is 22.3 Å². The van der Waals surface area contributed by atoms with E-state index in [0.717, 1.165) is 29.4 Å². The summed E-state index contributed by atoms with van der Waals surface area (Å²) < 4.78 is 23.7. The SMILES string of the molecule is [2H][C@](Nc1cc(-c2cccnc2)c2ncc(C#N)c(NCC(C)(C)C)c2c1)(C1=CN(C2CC2)NN1)c1ccc(F)cc1. The molecule has 1 atom stereocenters. The minimum Gasteiger partial charge on any atom is -0.383 e. The van der Waals surface area contributed by atoms with Gasteiger partial charge in [0.15, 0.2) is 0 Å². The molecule has 1 aliphatic heterocycles. The van der Waals surface area contributed by atoms with Gasteiger partial charge >= 0.3 is 0 Å². The van der Waals surface area contributed by atoms with Gasteiger partial charge in [0.2, 0.25) is 0 Å². The van der Waals surface area contributed by atoms with Crippen LogP contribution in [-0.4, -0.2) is 27.6 Å². The number of nitriles is 1. The number of nitrogens with one attached hydrogen (secondary N) is 4. The molecule has 4 aromatic rings. The zero-order valence-corrected chi connectivity index (χ0v) is 23.3. The quantitative estimate of drug-likeness (QED) is 0.205. The molecule has 0 spiro atoms.